The molecule has 0 saturated heterocycles. The van der Waals surface area contributed by atoms with Crippen molar-refractivity contribution in [2.24, 2.45) is 0 Å². The highest BCUT2D eigenvalue weighted by Gasteiger charge is 2.31. The molecule has 1 atom stereocenters. The minimum Gasteiger partial charge on any atom is -0.352 e. The summed E-state index contributed by atoms with van der Waals surface area (Å²) in [7, 11) is -3.82. The highest BCUT2D eigenvalue weighted by molar-refractivity contribution is 7.92. The minimum atomic E-state index is -3.82. The third-order valence-electron chi connectivity index (χ3n) is 5.05. The van der Waals surface area contributed by atoms with E-state index in [1.165, 1.54) is 4.90 Å². The molecule has 1 N–H and O–H groups in total. The first-order valence-electron chi connectivity index (χ1n) is 10.4. The molecule has 0 radical (unpaired) electrons. The lowest BCUT2D eigenvalue weighted by Crippen LogP contribution is -2.52. The third-order valence-corrected chi connectivity index (χ3v) is 6.84. The molecule has 0 unspecified atom stereocenters. The highest BCUT2D eigenvalue weighted by atomic mass is 35.5. The van der Waals surface area contributed by atoms with Crippen molar-refractivity contribution in [3.63, 3.8) is 0 Å². The fourth-order valence-electron chi connectivity index (χ4n) is 3.24. The fourth-order valence-corrected chi connectivity index (χ4v) is 4.43. The molecule has 0 fully saturated rings. The summed E-state index contributed by atoms with van der Waals surface area (Å²) < 4.78 is 26.2. The van der Waals surface area contributed by atoms with Crippen LogP contribution in [0.5, 0.6) is 0 Å². The average molecular weight is 514 g/mol. The quantitative estimate of drug-likeness (QED) is 0.548. The summed E-state index contributed by atoms with van der Waals surface area (Å²) in [6, 6.07) is 10.8. The number of carbonyl (C=O) groups is 2. The number of hydrogen-bond acceptors (Lipinski definition) is 4. The zero-order valence-electron chi connectivity index (χ0n) is 19.3. The number of hydrogen-bond donors (Lipinski definition) is 1. The molecule has 180 valence electrons. The summed E-state index contributed by atoms with van der Waals surface area (Å²) >= 11 is 12.2. The lowest BCUT2D eigenvalue weighted by Gasteiger charge is -2.32. The number of nitrogens with zero attached hydrogens (tertiary/aromatic N) is 2. The van der Waals surface area contributed by atoms with Crippen LogP contribution in [0.3, 0.4) is 0 Å². The Morgan fingerprint density at radius 1 is 1.03 bits per heavy atom. The van der Waals surface area contributed by atoms with E-state index >= 15 is 0 Å². The first-order chi connectivity index (χ1) is 15.3. The average Bonchev–Trinajstić information content (AvgIpc) is 2.72. The van der Waals surface area contributed by atoms with Gasteiger partial charge in [0.2, 0.25) is 21.8 Å². The maximum absolute atomic E-state index is 13.5. The van der Waals surface area contributed by atoms with Crippen LogP contribution in [0, 0.1) is 6.92 Å². The topological polar surface area (TPSA) is 86.8 Å². The second-order valence-corrected chi connectivity index (χ2v) is 10.9. The van der Waals surface area contributed by atoms with E-state index in [4.69, 9.17) is 23.2 Å². The molecule has 2 aromatic carbocycles. The van der Waals surface area contributed by atoms with Gasteiger partial charge in [0, 0.05) is 22.6 Å². The molecule has 2 amide bonds. The fraction of sp³-hybridized carbons (Fsp3) is 0.391. The largest absolute Gasteiger partial charge is 0.352 e. The van der Waals surface area contributed by atoms with Gasteiger partial charge in [-0.2, -0.15) is 0 Å². The van der Waals surface area contributed by atoms with E-state index in [0.29, 0.717) is 21.3 Å². The number of rotatable bonds is 9. The van der Waals surface area contributed by atoms with E-state index in [1.807, 2.05) is 13.8 Å². The van der Waals surface area contributed by atoms with Gasteiger partial charge in [-0.05, 0) is 63.1 Å². The first-order valence-corrected chi connectivity index (χ1v) is 13.0. The Morgan fingerprint density at radius 3 is 2.18 bits per heavy atom. The van der Waals surface area contributed by atoms with E-state index in [-0.39, 0.29) is 18.5 Å². The molecular weight excluding hydrogens is 485 g/mol. The molecule has 0 heterocycles. The van der Waals surface area contributed by atoms with Gasteiger partial charge < -0.3 is 10.2 Å². The molecule has 0 aromatic heterocycles. The zero-order chi connectivity index (χ0) is 24.9. The monoisotopic (exact) mass is 513 g/mol. The SMILES string of the molecule is Cc1c(Cl)cccc1N(CC(=O)N(Cc1ccc(Cl)cc1)[C@H](C)C(=O)NC(C)C)S(C)(=O)=O. The number of nitrogens with one attached hydrogen (secondary N) is 1. The van der Waals surface area contributed by atoms with Crippen LogP contribution in [-0.2, 0) is 26.2 Å². The lowest BCUT2D eigenvalue weighted by molar-refractivity contribution is -0.139. The van der Waals surface area contributed by atoms with Crippen LogP contribution < -0.4 is 9.62 Å². The van der Waals surface area contributed by atoms with Crippen LogP contribution in [-0.4, -0.2) is 50.0 Å². The molecule has 0 aliphatic rings. The van der Waals surface area contributed by atoms with E-state index in [0.717, 1.165) is 16.1 Å². The van der Waals surface area contributed by atoms with Crippen LogP contribution >= 0.6 is 23.2 Å². The normalized spacial score (nSPS) is 12.4. The molecule has 2 rings (SSSR count). The second-order valence-electron chi connectivity index (χ2n) is 8.14. The number of benzene rings is 2. The van der Waals surface area contributed by atoms with Gasteiger partial charge in [0.15, 0.2) is 0 Å². The van der Waals surface area contributed by atoms with Crippen molar-refractivity contribution in [1.29, 1.82) is 0 Å². The Hall–Kier alpha value is -2.29. The molecule has 0 aliphatic heterocycles. The van der Waals surface area contributed by atoms with Gasteiger partial charge in [-0.15, -0.1) is 0 Å². The smallest absolute Gasteiger partial charge is 0.244 e. The second kappa shape index (κ2) is 11.2. The van der Waals surface area contributed by atoms with Gasteiger partial charge in [-0.3, -0.25) is 13.9 Å². The molecule has 0 spiro atoms. The van der Waals surface area contributed by atoms with Gasteiger partial charge in [-0.25, -0.2) is 8.42 Å². The maximum Gasteiger partial charge on any atom is 0.244 e. The van der Waals surface area contributed by atoms with Crippen LogP contribution in [0.15, 0.2) is 42.5 Å². The van der Waals surface area contributed by atoms with Crippen molar-refractivity contribution in [2.45, 2.75) is 46.3 Å². The van der Waals surface area contributed by atoms with Crippen LogP contribution in [0.25, 0.3) is 0 Å². The Balaban J connectivity index is 2.43. The Morgan fingerprint density at radius 2 is 1.64 bits per heavy atom. The Labute approximate surface area is 205 Å². The Bertz CT molecular complexity index is 1110. The summed E-state index contributed by atoms with van der Waals surface area (Å²) in [5, 5.41) is 3.73. The zero-order valence-corrected chi connectivity index (χ0v) is 21.6. The summed E-state index contributed by atoms with van der Waals surface area (Å²) in [6.45, 7) is 6.57. The Kier molecular flexibility index (Phi) is 9.17. The highest BCUT2D eigenvalue weighted by Crippen LogP contribution is 2.28. The first kappa shape index (κ1) is 27.0. The molecule has 33 heavy (non-hydrogen) atoms. The molecule has 10 heteroatoms. The summed E-state index contributed by atoms with van der Waals surface area (Å²) in [4.78, 5) is 27.5. The van der Waals surface area contributed by atoms with Gasteiger partial charge in [0.25, 0.3) is 0 Å². The number of carbonyl (C=O) groups excluding carboxylic acids is 2. The van der Waals surface area contributed by atoms with Crippen molar-refractivity contribution in [3.8, 4) is 0 Å². The lowest BCUT2D eigenvalue weighted by atomic mass is 10.1. The van der Waals surface area contributed by atoms with E-state index in [2.05, 4.69) is 5.32 Å². The summed E-state index contributed by atoms with van der Waals surface area (Å²) in [5.41, 5.74) is 1.60. The summed E-state index contributed by atoms with van der Waals surface area (Å²) in [5.74, 6) is -0.863. The minimum absolute atomic E-state index is 0.106. The predicted molar refractivity (Wildman–Crippen MR) is 133 cm³/mol. The van der Waals surface area contributed by atoms with Crippen molar-refractivity contribution < 1.29 is 18.0 Å². The van der Waals surface area contributed by atoms with Crippen LogP contribution in [0.2, 0.25) is 10.0 Å². The van der Waals surface area contributed by atoms with E-state index in [1.54, 1.807) is 56.3 Å². The maximum atomic E-state index is 13.5. The number of amides is 2. The van der Waals surface area contributed by atoms with Crippen molar-refractivity contribution >= 4 is 50.7 Å². The van der Waals surface area contributed by atoms with Gasteiger partial charge in [-0.1, -0.05) is 41.4 Å². The van der Waals surface area contributed by atoms with Crippen molar-refractivity contribution in [2.75, 3.05) is 17.1 Å². The predicted octanol–water partition coefficient (Wildman–Crippen LogP) is 4.01. The summed E-state index contributed by atoms with van der Waals surface area (Å²) in [6.07, 6.45) is 1.03. The molecule has 0 aliphatic carbocycles. The van der Waals surface area contributed by atoms with Gasteiger partial charge in [0.05, 0.1) is 11.9 Å². The van der Waals surface area contributed by atoms with E-state index in [9.17, 15) is 18.0 Å². The van der Waals surface area contributed by atoms with Crippen LogP contribution in [0.4, 0.5) is 5.69 Å². The molecule has 0 saturated carbocycles. The van der Waals surface area contributed by atoms with Crippen LogP contribution in [0.1, 0.15) is 31.9 Å². The number of sulfonamides is 1. The third kappa shape index (κ3) is 7.35. The molecule has 7 nitrogen and oxygen atoms in total. The van der Waals surface area contributed by atoms with Crippen molar-refractivity contribution in [3.05, 3.63) is 63.6 Å². The van der Waals surface area contributed by atoms with Gasteiger partial charge >= 0.3 is 0 Å². The standard InChI is InChI=1S/C23H29Cl2N3O4S/c1-15(2)26-23(30)17(4)27(13-18-9-11-19(24)12-10-18)22(29)14-28(33(5,31)32)21-8-6-7-20(25)16(21)3/h6-12,15,17H,13-14H2,1-5H3,(H,26,30)/t17-/m1/s1. The molecular formula is C23H29Cl2N3O4S. The number of halogens is 2. The molecule has 0 bridgehead atoms. The van der Waals surface area contributed by atoms with E-state index < -0.39 is 28.5 Å². The van der Waals surface area contributed by atoms with Crippen molar-refractivity contribution in [1.82, 2.24) is 10.2 Å². The number of anilines is 1. The molecule has 2 aromatic rings. The van der Waals surface area contributed by atoms with Gasteiger partial charge in [0.1, 0.15) is 12.6 Å².